The molecule has 2 aromatic rings. The second-order valence-corrected chi connectivity index (χ2v) is 6.31. The first-order valence-corrected chi connectivity index (χ1v) is 7.51. The molecule has 0 bridgehead atoms. The summed E-state index contributed by atoms with van der Waals surface area (Å²) < 4.78 is 1.95. The van der Waals surface area contributed by atoms with Gasteiger partial charge in [-0.15, -0.1) is 11.3 Å². The minimum atomic E-state index is -0.578. The van der Waals surface area contributed by atoms with Gasteiger partial charge in [0.2, 0.25) is 0 Å². The summed E-state index contributed by atoms with van der Waals surface area (Å²) in [7, 11) is 0. The second-order valence-electron chi connectivity index (χ2n) is 5.43. The van der Waals surface area contributed by atoms with Crippen LogP contribution >= 0.6 is 11.3 Å². The Morgan fingerprint density at radius 1 is 1.42 bits per heavy atom. The first-order valence-electron chi connectivity index (χ1n) is 6.63. The number of imidazole rings is 1. The lowest BCUT2D eigenvalue weighted by molar-refractivity contribution is 0.0481. The van der Waals surface area contributed by atoms with Crippen molar-refractivity contribution >= 4 is 22.1 Å². The van der Waals surface area contributed by atoms with Crippen molar-refractivity contribution < 1.29 is 10.2 Å². The van der Waals surface area contributed by atoms with E-state index < -0.39 is 5.60 Å². The van der Waals surface area contributed by atoms with Crippen LogP contribution in [0, 0.1) is 0 Å². The van der Waals surface area contributed by atoms with Crippen molar-refractivity contribution in [1.29, 1.82) is 0 Å². The molecule has 104 valence electrons. The van der Waals surface area contributed by atoms with Crippen LogP contribution in [0.5, 0.6) is 0 Å². The van der Waals surface area contributed by atoms with E-state index in [0.29, 0.717) is 0 Å². The highest BCUT2D eigenvalue weighted by Gasteiger charge is 2.27. The van der Waals surface area contributed by atoms with Gasteiger partial charge in [0, 0.05) is 24.7 Å². The highest BCUT2D eigenvalue weighted by molar-refractivity contribution is 7.15. The number of aromatic nitrogens is 2. The van der Waals surface area contributed by atoms with E-state index in [2.05, 4.69) is 9.88 Å². The fourth-order valence-electron chi connectivity index (χ4n) is 2.70. The minimum Gasteiger partial charge on any atom is -0.390 e. The average molecular weight is 281 g/mol. The molecule has 0 aliphatic carbocycles. The topological polar surface area (TPSA) is 61.0 Å². The fraction of sp³-hybridized carbons (Fsp3) is 0.615. The molecule has 1 fully saturated rings. The maximum absolute atomic E-state index is 10.1. The predicted molar refractivity (Wildman–Crippen MR) is 75.7 cm³/mol. The average Bonchev–Trinajstić information content (AvgIpc) is 2.88. The highest BCUT2D eigenvalue weighted by atomic mass is 32.1. The summed E-state index contributed by atoms with van der Waals surface area (Å²) >= 11 is 1.57. The molecule has 0 saturated carbocycles. The van der Waals surface area contributed by atoms with Gasteiger partial charge in [0.15, 0.2) is 10.8 Å². The van der Waals surface area contributed by atoms with Gasteiger partial charge in [-0.1, -0.05) is 0 Å². The molecule has 0 amide bonds. The number of hydrogen-bond acceptors (Lipinski definition) is 5. The van der Waals surface area contributed by atoms with Crippen molar-refractivity contribution in [2.45, 2.75) is 38.4 Å². The third kappa shape index (κ3) is 2.35. The third-order valence-electron chi connectivity index (χ3n) is 3.85. The van der Waals surface area contributed by atoms with Crippen LogP contribution in [0.3, 0.4) is 0 Å². The zero-order valence-electron chi connectivity index (χ0n) is 11.0. The van der Waals surface area contributed by atoms with Gasteiger partial charge in [0.05, 0.1) is 17.9 Å². The molecule has 1 atom stereocenters. The molecule has 3 heterocycles. The molecule has 2 N–H and O–H groups in total. The largest absolute Gasteiger partial charge is 0.390 e. The first-order chi connectivity index (χ1) is 9.11. The SMILES string of the molecule is CC1(O)CCCN(c2nc3sccn3c2CO)CC1. The molecular formula is C13H19N3O2S. The van der Waals surface area contributed by atoms with Crippen LogP contribution in [0.1, 0.15) is 31.9 Å². The number of aliphatic hydroxyl groups excluding tert-OH is 1. The second kappa shape index (κ2) is 4.77. The zero-order valence-corrected chi connectivity index (χ0v) is 11.9. The van der Waals surface area contributed by atoms with Crippen molar-refractivity contribution in [2.24, 2.45) is 0 Å². The summed E-state index contributed by atoms with van der Waals surface area (Å²) in [4.78, 5) is 7.72. The van der Waals surface area contributed by atoms with E-state index in [1.165, 1.54) is 0 Å². The molecule has 5 nitrogen and oxygen atoms in total. The van der Waals surface area contributed by atoms with Crippen LogP contribution in [-0.2, 0) is 6.61 Å². The molecular weight excluding hydrogens is 262 g/mol. The Labute approximate surface area is 116 Å². The number of fused-ring (bicyclic) bond motifs is 1. The summed E-state index contributed by atoms with van der Waals surface area (Å²) in [5.74, 6) is 0.868. The number of thiazole rings is 1. The number of hydrogen-bond donors (Lipinski definition) is 2. The molecule has 1 unspecified atom stereocenters. The van der Waals surface area contributed by atoms with Crippen molar-refractivity contribution in [3.05, 3.63) is 17.3 Å². The molecule has 0 radical (unpaired) electrons. The quantitative estimate of drug-likeness (QED) is 0.878. The summed E-state index contributed by atoms with van der Waals surface area (Å²) in [6.07, 6.45) is 4.45. The van der Waals surface area contributed by atoms with Crippen LogP contribution in [0.4, 0.5) is 5.82 Å². The van der Waals surface area contributed by atoms with Crippen LogP contribution in [0.15, 0.2) is 11.6 Å². The van der Waals surface area contributed by atoms with Gasteiger partial charge in [-0.2, -0.15) is 0 Å². The summed E-state index contributed by atoms with van der Waals surface area (Å²) in [5, 5.41) is 21.7. The lowest BCUT2D eigenvalue weighted by atomic mass is 9.98. The van der Waals surface area contributed by atoms with Gasteiger partial charge >= 0.3 is 0 Å². The molecule has 2 aromatic heterocycles. The lowest BCUT2D eigenvalue weighted by Gasteiger charge is -2.23. The Hall–Kier alpha value is -1.11. The summed E-state index contributed by atoms with van der Waals surface area (Å²) in [6.45, 7) is 3.55. The molecule has 1 saturated heterocycles. The Kier molecular flexibility index (Phi) is 3.24. The number of nitrogens with zero attached hydrogens (tertiary/aromatic N) is 3. The van der Waals surface area contributed by atoms with E-state index in [0.717, 1.165) is 48.8 Å². The maximum Gasteiger partial charge on any atom is 0.195 e. The van der Waals surface area contributed by atoms with Crippen LogP contribution in [0.25, 0.3) is 4.96 Å². The summed E-state index contributed by atoms with van der Waals surface area (Å²) in [6, 6.07) is 0. The van der Waals surface area contributed by atoms with Crippen molar-refractivity contribution in [1.82, 2.24) is 9.38 Å². The van der Waals surface area contributed by atoms with E-state index in [4.69, 9.17) is 0 Å². The standard InChI is InChI=1S/C13H19N3O2S/c1-13(18)3-2-5-15(6-4-13)11-10(9-17)16-7-8-19-12(16)14-11/h7-8,17-18H,2-6,9H2,1H3. The molecule has 1 aliphatic rings. The van der Waals surface area contributed by atoms with Crippen LogP contribution in [-0.4, -0.2) is 38.3 Å². The van der Waals surface area contributed by atoms with Gasteiger partial charge in [0.25, 0.3) is 0 Å². The highest BCUT2D eigenvalue weighted by Crippen LogP contribution is 2.29. The molecule has 3 rings (SSSR count). The van der Waals surface area contributed by atoms with Crippen molar-refractivity contribution in [2.75, 3.05) is 18.0 Å². The predicted octanol–water partition coefficient (Wildman–Crippen LogP) is 1.63. The summed E-state index contributed by atoms with van der Waals surface area (Å²) in [5.41, 5.74) is 0.267. The molecule has 0 spiro atoms. The monoisotopic (exact) mass is 281 g/mol. The minimum absolute atomic E-state index is 0.0138. The smallest absolute Gasteiger partial charge is 0.195 e. The fourth-order valence-corrected chi connectivity index (χ4v) is 3.42. The van der Waals surface area contributed by atoms with Gasteiger partial charge in [-0.05, 0) is 26.2 Å². The van der Waals surface area contributed by atoms with Gasteiger partial charge < -0.3 is 15.1 Å². The molecule has 1 aliphatic heterocycles. The maximum atomic E-state index is 10.1. The van der Waals surface area contributed by atoms with Crippen LogP contribution in [0.2, 0.25) is 0 Å². The normalized spacial score (nSPS) is 24.9. The van der Waals surface area contributed by atoms with E-state index in [1.807, 2.05) is 22.9 Å². The number of rotatable bonds is 2. The Morgan fingerprint density at radius 2 is 2.26 bits per heavy atom. The third-order valence-corrected chi connectivity index (χ3v) is 4.61. The van der Waals surface area contributed by atoms with E-state index in [-0.39, 0.29) is 6.61 Å². The zero-order chi connectivity index (χ0) is 13.5. The lowest BCUT2D eigenvalue weighted by Crippen LogP contribution is -2.29. The number of aliphatic hydroxyl groups is 2. The van der Waals surface area contributed by atoms with Crippen LogP contribution < -0.4 is 4.90 Å². The van der Waals surface area contributed by atoms with Gasteiger partial charge in [0.1, 0.15) is 0 Å². The Morgan fingerprint density at radius 3 is 3.05 bits per heavy atom. The van der Waals surface area contributed by atoms with Crippen molar-refractivity contribution in [3.8, 4) is 0 Å². The molecule has 0 aromatic carbocycles. The first kappa shape index (κ1) is 12.9. The Balaban J connectivity index is 1.93. The molecule has 19 heavy (non-hydrogen) atoms. The van der Waals surface area contributed by atoms with Gasteiger partial charge in [-0.3, -0.25) is 4.40 Å². The Bertz CT molecular complexity index is 575. The van der Waals surface area contributed by atoms with E-state index in [9.17, 15) is 10.2 Å². The molecule has 6 heteroatoms. The number of anilines is 1. The van der Waals surface area contributed by atoms with E-state index in [1.54, 1.807) is 11.3 Å². The van der Waals surface area contributed by atoms with E-state index >= 15 is 0 Å². The van der Waals surface area contributed by atoms with Crippen molar-refractivity contribution in [3.63, 3.8) is 0 Å². The van der Waals surface area contributed by atoms with Gasteiger partial charge in [-0.25, -0.2) is 4.98 Å².